The standard InChI is InChI=1S/C18H21F3N4/c1-12-22-16(24-13-7-3-2-4-8-13)11-17(23-12)25-15-10-6-5-9-14(15)18(19,20)21/h5-6,9-11,13H,2-4,7-8H2,1H3,(H2,22,23,24,25). The van der Waals surface area contributed by atoms with Crippen molar-refractivity contribution in [1.82, 2.24) is 9.97 Å². The number of nitrogens with zero attached hydrogens (tertiary/aromatic N) is 2. The second-order valence-electron chi connectivity index (χ2n) is 6.33. The molecule has 2 aromatic rings. The van der Waals surface area contributed by atoms with Crippen LogP contribution in [0.5, 0.6) is 0 Å². The van der Waals surface area contributed by atoms with Crippen molar-refractivity contribution >= 4 is 17.3 Å². The van der Waals surface area contributed by atoms with Crippen LogP contribution < -0.4 is 10.6 Å². The minimum Gasteiger partial charge on any atom is -0.367 e. The second kappa shape index (κ2) is 7.29. The number of halogens is 3. The van der Waals surface area contributed by atoms with Crippen LogP contribution in [0.25, 0.3) is 0 Å². The van der Waals surface area contributed by atoms with Crippen molar-refractivity contribution in [2.75, 3.05) is 10.6 Å². The van der Waals surface area contributed by atoms with Gasteiger partial charge in [0.2, 0.25) is 0 Å². The lowest BCUT2D eigenvalue weighted by atomic mass is 9.95. The normalized spacial score (nSPS) is 15.8. The Morgan fingerprint density at radius 3 is 2.40 bits per heavy atom. The average molecular weight is 350 g/mol. The van der Waals surface area contributed by atoms with E-state index in [1.807, 2.05) is 0 Å². The van der Waals surface area contributed by atoms with E-state index in [1.165, 1.54) is 31.4 Å². The number of benzene rings is 1. The quantitative estimate of drug-likeness (QED) is 0.786. The summed E-state index contributed by atoms with van der Waals surface area (Å²) in [6, 6.07) is 7.40. The number of hydrogen-bond acceptors (Lipinski definition) is 4. The minimum absolute atomic E-state index is 0.0169. The van der Waals surface area contributed by atoms with Crippen LogP contribution in [0.2, 0.25) is 0 Å². The van der Waals surface area contributed by atoms with Gasteiger partial charge in [0.15, 0.2) is 0 Å². The zero-order valence-electron chi connectivity index (χ0n) is 14.0. The van der Waals surface area contributed by atoms with Crippen LogP contribution in [0, 0.1) is 6.92 Å². The van der Waals surface area contributed by atoms with Gasteiger partial charge in [-0.25, -0.2) is 9.97 Å². The van der Waals surface area contributed by atoms with E-state index in [0.29, 0.717) is 23.5 Å². The van der Waals surface area contributed by atoms with Gasteiger partial charge < -0.3 is 10.6 Å². The number of anilines is 3. The lowest BCUT2D eigenvalue weighted by Crippen LogP contribution is -2.23. The van der Waals surface area contributed by atoms with Gasteiger partial charge in [0, 0.05) is 12.1 Å². The van der Waals surface area contributed by atoms with E-state index in [0.717, 1.165) is 18.9 Å². The van der Waals surface area contributed by atoms with Crippen LogP contribution in [-0.4, -0.2) is 16.0 Å². The molecular weight excluding hydrogens is 329 g/mol. The molecule has 4 nitrogen and oxygen atoms in total. The maximum Gasteiger partial charge on any atom is 0.418 e. The molecule has 0 amide bonds. The van der Waals surface area contributed by atoms with Crippen molar-refractivity contribution in [3.05, 3.63) is 41.7 Å². The molecule has 3 rings (SSSR count). The monoisotopic (exact) mass is 350 g/mol. The summed E-state index contributed by atoms with van der Waals surface area (Å²) in [5, 5.41) is 6.17. The van der Waals surface area contributed by atoms with E-state index in [-0.39, 0.29) is 5.69 Å². The third kappa shape index (κ3) is 4.61. The highest BCUT2D eigenvalue weighted by Crippen LogP contribution is 2.35. The molecule has 0 unspecified atom stereocenters. The Hall–Kier alpha value is -2.31. The first-order valence-corrected chi connectivity index (χ1v) is 8.47. The number of hydrogen-bond donors (Lipinski definition) is 2. The summed E-state index contributed by atoms with van der Waals surface area (Å²) in [5.41, 5.74) is -0.732. The first kappa shape index (κ1) is 17.5. The van der Waals surface area contributed by atoms with E-state index in [2.05, 4.69) is 20.6 Å². The van der Waals surface area contributed by atoms with Crippen LogP contribution >= 0.6 is 0 Å². The maximum atomic E-state index is 13.1. The smallest absolute Gasteiger partial charge is 0.367 e. The Labute approximate surface area is 144 Å². The van der Waals surface area contributed by atoms with Crippen molar-refractivity contribution in [1.29, 1.82) is 0 Å². The second-order valence-corrected chi connectivity index (χ2v) is 6.33. The molecule has 1 aromatic heterocycles. The number of aromatic nitrogens is 2. The Morgan fingerprint density at radius 2 is 1.68 bits per heavy atom. The highest BCUT2D eigenvalue weighted by atomic mass is 19.4. The van der Waals surface area contributed by atoms with E-state index >= 15 is 0 Å². The van der Waals surface area contributed by atoms with Gasteiger partial charge >= 0.3 is 6.18 Å². The van der Waals surface area contributed by atoms with Crippen LogP contribution in [-0.2, 0) is 6.18 Å². The van der Waals surface area contributed by atoms with Gasteiger partial charge in [0.1, 0.15) is 17.5 Å². The lowest BCUT2D eigenvalue weighted by molar-refractivity contribution is -0.136. The largest absolute Gasteiger partial charge is 0.418 e. The summed E-state index contributed by atoms with van der Waals surface area (Å²) in [4.78, 5) is 8.57. The van der Waals surface area contributed by atoms with Crippen LogP contribution in [0.3, 0.4) is 0 Å². The predicted octanol–water partition coefficient (Wildman–Crippen LogP) is 5.29. The predicted molar refractivity (Wildman–Crippen MR) is 92.0 cm³/mol. The molecule has 0 atom stereocenters. The molecule has 0 radical (unpaired) electrons. The molecule has 134 valence electrons. The highest BCUT2D eigenvalue weighted by Gasteiger charge is 2.33. The van der Waals surface area contributed by atoms with Gasteiger partial charge in [-0.3, -0.25) is 0 Å². The molecule has 1 fully saturated rings. The number of nitrogens with one attached hydrogen (secondary N) is 2. The minimum atomic E-state index is -4.42. The maximum absolute atomic E-state index is 13.1. The molecule has 0 aliphatic heterocycles. The van der Waals surface area contributed by atoms with Crippen molar-refractivity contribution in [2.24, 2.45) is 0 Å². The van der Waals surface area contributed by atoms with Crippen LogP contribution in [0.1, 0.15) is 43.5 Å². The zero-order valence-corrected chi connectivity index (χ0v) is 14.0. The number of alkyl halides is 3. The van der Waals surface area contributed by atoms with Gasteiger partial charge in [0.05, 0.1) is 11.3 Å². The summed E-state index contributed by atoms with van der Waals surface area (Å²) in [5.74, 6) is 1.50. The summed E-state index contributed by atoms with van der Waals surface area (Å²) in [7, 11) is 0. The Balaban J connectivity index is 1.81. The van der Waals surface area contributed by atoms with Gasteiger partial charge in [-0.1, -0.05) is 31.4 Å². The Bertz CT molecular complexity index is 725. The zero-order chi connectivity index (χ0) is 17.9. The summed E-state index contributed by atoms with van der Waals surface area (Å²) < 4.78 is 39.4. The van der Waals surface area contributed by atoms with Crippen LogP contribution in [0.15, 0.2) is 30.3 Å². The Kier molecular flexibility index (Phi) is 5.11. The topological polar surface area (TPSA) is 49.8 Å². The molecule has 0 spiro atoms. The van der Waals surface area contributed by atoms with Gasteiger partial charge in [-0.05, 0) is 31.9 Å². The molecule has 1 saturated carbocycles. The third-order valence-corrected chi connectivity index (χ3v) is 4.29. The molecule has 1 aliphatic rings. The summed E-state index contributed by atoms with van der Waals surface area (Å²) in [6.07, 6.45) is 1.37. The molecule has 1 aliphatic carbocycles. The number of rotatable bonds is 4. The van der Waals surface area contributed by atoms with E-state index in [4.69, 9.17) is 0 Å². The fourth-order valence-corrected chi connectivity index (χ4v) is 3.14. The van der Waals surface area contributed by atoms with E-state index in [1.54, 1.807) is 19.1 Å². The van der Waals surface area contributed by atoms with Crippen molar-refractivity contribution in [3.8, 4) is 0 Å². The number of para-hydroxylation sites is 1. The van der Waals surface area contributed by atoms with Crippen molar-refractivity contribution in [2.45, 2.75) is 51.2 Å². The fraction of sp³-hybridized carbons (Fsp3) is 0.444. The molecule has 0 bridgehead atoms. The van der Waals surface area contributed by atoms with E-state index in [9.17, 15) is 13.2 Å². The highest BCUT2D eigenvalue weighted by molar-refractivity contribution is 5.63. The first-order chi connectivity index (χ1) is 11.9. The van der Waals surface area contributed by atoms with Crippen molar-refractivity contribution in [3.63, 3.8) is 0 Å². The van der Waals surface area contributed by atoms with E-state index < -0.39 is 11.7 Å². The van der Waals surface area contributed by atoms with Crippen molar-refractivity contribution < 1.29 is 13.2 Å². The third-order valence-electron chi connectivity index (χ3n) is 4.29. The lowest BCUT2D eigenvalue weighted by Gasteiger charge is -2.23. The van der Waals surface area contributed by atoms with Gasteiger partial charge in [-0.15, -0.1) is 0 Å². The first-order valence-electron chi connectivity index (χ1n) is 8.47. The molecule has 1 aromatic carbocycles. The molecule has 1 heterocycles. The fourth-order valence-electron chi connectivity index (χ4n) is 3.14. The molecular formula is C18H21F3N4. The molecule has 7 heteroatoms. The Morgan fingerprint density at radius 1 is 1.00 bits per heavy atom. The average Bonchev–Trinajstić information content (AvgIpc) is 2.55. The van der Waals surface area contributed by atoms with Gasteiger partial charge in [-0.2, -0.15) is 13.2 Å². The summed E-state index contributed by atoms with van der Waals surface area (Å²) in [6.45, 7) is 1.73. The molecule has 25 heavy (non-hydrogen) atoms. The SMILES string of the molecule is Cc1nc(Nc2ccccc2C(F)(F)F)cc(NC2CCCCC2)n1. The molecule has 2 N–H and O–H groups in total. The van der Waals surface area contributed by atoms with Crippen LogP contribution in [0.4, 0.5) is 30.5 Å². The summed E-state index contributed by atoms with van der Waals surface area (Å²) >= 11 is 0. The number of aryl methyl sites for hydroxylation is 1. The molecule has 0 saturated heterocycles. The van der Waals surface area contributed by atoms with Gasteiger partial charge in [0.25, 0.3) is 0 Å².